The van der Waals surface area contributed by atoms with Crippen molar-refractivity contribution < 1.29 is 4.79 Å². The number of hydrogen-bond donors (Lipinski definition) is 1. The van der Waals surface area contributed by atoms with Gasteiger partial charge in [-0.05, 0) is 57.5 Å². The zero-order valence-corrected chi connectivity index (χ0v) is 17.4. The van der Waals surface area contributed by atoms with Crippen LogP contribution in [-0.4, -0.2) is 72.0 Å². The van der Waals surface area contributed by atoms with Crippen LogP contribution in [-0.2, 0) is 0 Å². The van der Waals surface area contributed by atoms with Gasteiger partial charge in [-0.2, -0.15) is 0 Å². The van der Waals surface area contributed by atoms with Crippen molar-refractivity contribution in [2.24, 2.45) is 0 Å². The molecule has 2 saturated heterocycles. The molecule has 1 amide bonds. The number of nitrogens with zero attached hydrogens (tertiary/aromatic N) is 5. The molecule has 0 spiro atoms. The summed E-state index contributed by atoms with van der Waals surface area (Å²) >= 11 is 0. The minimum atomic E-state index is -0.0212. The van der Waals surface area contributed by atoms with Gasteiger partial charge in [0.25, 0.3) is 5.91 Å². The first-order valence-corrected chi connectivity index (χ1v) is 10.5. The zero-order chi connectivity index (χ0) is 20.2. The highest BCUT2D eigenvalue weighted by atomic mass is 16.2. The summed E-state index contributed by atoms with van der Waals surface area (Å²) in [4.78, 5) is 28.3. The second-order valence-corrected chi connectivity index (χ2v) is 8.00. The molecule has 29 heavy (non-hydrogen) atoms. The van der Waals surface area contributed by atoms with Crippen molar-refractivity contribution in [1.82, 2.24) is 19.8 Å². The van der Waals surface area contributed by atoms with Crippen LogP contribution in [0.3, 0.4) is 0 Å². The van der Waals surface area contributed by atoms with Crippen LogP contribution in [0.15, 0.2) is 30.3 Å². The van der Waals surface area contributed by atoms with E-state index in [9.17, 15) is 4.79 Å². The van der Waals surface area contributed by atoms with Gasteiger partial charge < -0.3 is 20.0 Å². The monoisotopic (exact) mass is 394 g/mol. The van der Waals surface area contributed by atoms with Crippen LogP contribution in [0.1, 0.15) is 35.6 Å². The number of amides is 1. The normalized spacial score (nSPS) is 18.0. The summed E-state index contributed by atoms with van der Waals surface area (Å²) in [6.45, 7) is 7.35. The van der Waals surface area contributed by atoms with Crippen molar-refractivity contribution in [1.29, 1.82) is 0 Å². The summed E-state index contributed by atoms with van der Waals surface area (Å²) in [5.41, 5.74) is 2.68. The minimum absolute atomic E-state index is 0.0212. The third-order valence-corrected chi connectivity index (χ3v) is 5.71. The lowest BCUT2D eigenvalue weighted by molar-refractivity contribution is 0.0658. The molecule has 7 nitrogen and oxygen atoms in total. The Morgan fingerprint density at radius 2 is 1.62 bits per heavy atom. The Kier molecular flexibility index (Phi) is 5.94. The number of aryl methyl sites for hydroxylation is 1. The number of nitrogens with one attached hydrogen (secondary N) is 1. The number of carbonyl (C=O) groups is 1. The summed E-state index contributed by atoms with van der Waals surface area (Å²) < 4.78 is 0. The number of carbonyl (C=O) groups excluding carboxylic acids is 1. The van der Waals surface area contributed by atoms with Gasteiger partial charge in [0.1, 0.15) is 17.3 Å². The maximum Gasteiger partial charge on any atom is 0.272 e. The molecule has 0 aliphatic carbocycles. The smallest absolute Gasteiger partial charge is 0.272 e. The lowest BCUT2D eigenvalue weighted by atomic mass is 10.1. The number of hydrogen-bond acceptors (Lipinski definition) is 6. The van der Waals surface area contributed by atoms with Gasteiger partial charge in [-0.3, -0.25) is 4.79 Å². The molecular formula is C22H30N6O. The highest BCUT2D eigenvalue weighted by molar-refractivity contribution is 5.93. The van der Waals surface area contributed by atoms with Crippen molar-refractivity contribution in [3.05, 3.63) is 41.9 Å². The van der Waals surface area contributed by atoms with E-state index in [0.29, 0.717) is 17.3 Å². The number of likely N-dealkylation sites (N-methyl/N-ethyl adjacent to an activating group) is 1. The Balaban J connectivity index is 1.45. The largest absolute Gasteiger partial charge is 0.372 e. The molecule has 1 aromatic carbocycles. The molecule has 3 heterocycles. The second kappa shape index (κ2) is 8.78. The van der Waals surface area contributed by atoms with E-state index in [1.165, 1.54) is 24.9 Å². The van der Waals surface area contributed by atoms with Crippen molar-refractivity contribution in [3.63, 3.8) is 0 Å². The minimum Gasteiger partial charge on any atom is -0.372 e. The molecule has 0 radical (unpaired) electrons. The second-order valence-electron chi connectivity index (χ2n) is 8.00. The highest BCUT2D eigenvalue weighted by Crippen LogP contribution is 2.23. The first kappa shape index (κ1) is 19.6. The summed E-state index contributed by atoms with van der Waals surface area (Å²) in [6.07, 6.45) is 3.87. The maximum atomic E-state index is 12.9. The Bertz CT molecular complexity index is 839. The predicted octanol–water partition coefficient (Wildman–Crippen LogP) is 2.91. The number of rotatable bonds is 4. The number of benzene rings is 1. The molecule has 154 valence electrons. The maximum absolute atomic E-state index is 12.9. The summed E-state index contributed by atoms with van der Waals surface area (Å²) in [5.74, 6) is 1.23. The molecule has 0 bridgehead atoms. The van der Waals surface area contributed by atoms with Crippen LogP contribution < -0.4 is 10.2 Å². The molecule has 1 aromatic heterocycles. The van der Waals surface area contributed by atoms with Crippen LogP contribution in [0.4, 0.5) is 17.2 Å². The Hall–Kier alpha value is -2.67. The topological polar surface area (TPSA) is 64.6 Å². The number of aromatic nitrogens is 2. The summed E-state index contributed by atoms with van der Waals surface area (Å²) in [5, 5.41) is 3.33. The molecule has 2 aromatic rings. The van der Waals surface area contributed by atoms with E-state index in [1.54, 1.807) is 6.07 Å². The van der Waals surface area contributed by atoms with Crippen LogP contribution in [0.25, 0.3) is 0 Å². The summed E-state index contributed by atoms with van der Waals surface area (Å²) in [6, 6.07) is 10.2. The number of piperazine rings is 1. The van der Waals surface area contributed by atoms with Gasteiger partial charge in [-0.25, -0.2) is 9.97 Å². The lowest BCUT2D eigenvalue weighted by Gasteiger charge is -2.32. The third kappa shape index (κ3) is 4.85. The first-order chi connectivity index (χ1) is 14.1. The fraction of sp³-hybridized carbons (Fsp3) is 0.500. The molecule has 2 aliphatic heterocycles. The van der Waals surface area contributed by atoms with Gasteiger partial charge in [0, 0.05) is 56.7 Å². The van der Waals surface area contributed by atoms with E-state index in [0.717, 1.165) is 45.0 Å². The van der Waals surface area contributed by atoms with E-state index < -0.39 is 0 Å². The van der Waals surface area contributed by atoms with Gasteiger partial charge in [0.05, 0.1) is 0 Å². The van der Waals surface area contributed by atoms with E-state index >= 15 is 0 Å². The van der Waals surface area contributed by atoms with Crippen LogP contribution in [0, 0.1) is 6.92 Å². The Morgan fingerprint density at radius 1 is 0.931 bits per heavy atom. The third-order valence-electron chi connectivity index (χ3n) is 5.71. The molecule has 0 saturated carbocycles. The fourth-order valence-corrected chi connectivity index (χ4v) is 3.97. The molecule has 2 aliphatic rings. The van der Waals surface area contributed by atoms with Crippen molar-refractivity contribution >= 4 is 23.1 Å². The molecular weight excluding hydrogens is 364 g/mol. The first-order valence-electron chi connectivity index (χ1n) is 10.5. The standard InChI is InChI=1S/C22H30N6O/c1-17-23-20(22(29)28-14-12-26(2)13-15-28)16-21(24-17)25-18-6-8-19(9-7-18)27-10-4-3-5-11-27/h6-9,16H,3-5,10-15H2,1-2H3,(H,23,24,25). The molecule has 7 heteroatoms. The van der Waals surface area contributed by atoms with Gasteiger partial charge >= 0.3 is 0 Å². The van der Waals surface area contributed by atoms with Crippen molar-refractivity contribution in [2.45, 2.75) is 26.2 Å². The van der Waals surface area contributed by atoms with Crippen LogP contribution >= 0.6 is 0 Å². The molecule has 4 rings (SSSR count). The van der Waals surface area contributed by atoms with Crippen LogP contribution in [0.2, 0.25) is 0 Å². The predicted molar refractivity (Wildman–Crippen MR) is 116 cm³/mol. The average molecular weight is 395 g/mol. The van der Waals surface area contributed by atoms with Crippen LogP contribution in [0.5, 0.6) is 0 Å². The van der Waals surface area contributed by atoms with Gasteiger partial charge in [0.2, 0.25) is 0 Å². The number of piperidine rings is 1. The van der Waals surface area contributed by atoms with E-state index in [-0.39, 0.29) is 5.91 Å². The molecule has 2 fully saturated rings. The number of anilines is 3. The lowest BCUT2D eigenvalue weighted by Crippen LogP contribution is -2.47. The Labute approximate surface area is 172 Å². The van der Waals surface area contributed by atoms with Crippen molar-refractivity contribution in [3.8, 4) is 0 Å². The van der Waals surface area contributed by atoms with Gasteiger partial charge in [-0.15, -0.1) is 0 Å². The van der Waals surface area contributed by atoms with E-state index in [1.807, 2.05) is 11.8 Å². The fourth-order valence-electron chi connectivity index (χ4n) is 3.97. The molecule has 0 atom stereocenters. The summed E-state index contributed by atoms with van der Waals surface area (Å²) in [7, 11) is 2.08. The Morgan fingerprint density at radius 3 is 2.31 bits per heavy atom. The zero-order valence-electron chi connectivity index (χ0n) is 17.4. The van der Waals surface area contributed by atoms with Crippen molar-refractivity contribution in [2.75, 3.05) is 56.5 Å². The quantitative estimate of drug-likeness (QED) is 0.860. The van der Waals surface area contributed by atoms with E-state index in [4.69, 9.17) is 0 Å². The van der Waals surface area contributed by atoms with Gasteiger partial charge in [0.15, 0.2) is 0 Å². The SMILES string of the molecule is Cc1nc(Nc2ccc(N3CCCCC3)cc2)cc(C(=O)N2CCN(C)CC2)n1. The van der Waals surface area contributed by atoms with E-state index in [2.05, 4.69) is 56.4 Å². The molecule has 1 N–H and O–H groups in total. The highest BCUT2D eigenvalue weighted by Gasteiger charge is 2.22. The van der Waals surface area contributed by atoms with Gasteiger partial charge in [-0.1, -0.05) is 0 Å². The molecule has 0 unspecified atom stereocenters. The average Bonchev–Trinajstić information content (AvgIpc) is 2.74.